The number of halogens is 2. The Morgan fingerprint density at radius 1 is 1.27 bits per heavy atom. The topological polar surface area (TPSA) is 36.1 Å². The van der Waals surface area contributed by atoms with Gasteiger partial charge in [0, 0.05) is 23.2 Å². The molecule has 2 atom stereocenters. The first kappa shape index (κ1) is 20.2. The first-order chi connectivity index (χ1) is 14.4. The molecule has 0 radical (unpaired) electrons. The quantitative estimate of drug-likeness (QED) is 0.577. The van der Waals surface area contributed by atoms with Crippen LogP contribution >= 0.6 is 0 Å². The van der Waals surface area contributed by atoms with Gasteiger partial charge in [0.05, 0.1) is 11.6 Å². The summed E-state index contributed by atoms with van der Waals surface area (Å²) in [6.45, 7) is 4.08. The Morgan fingerprint density at radius 2 is 2.00 bits per heavy atom. The summed E-state index contributed by atoms with van der Waals surface area (Å²) in [6.07, 6.45) is 8.73. The minimum atomic E-state index is -0.637. The summed E-state index contributed by atoms with van der Waals surface area (Å²) in [5.41, 5.74) is 3.81. The molecule has 0 saturated heterocycles. The molecule has 0 saturated carbocycles. The molecule has 1 aromatic heterocycles. The first-order valence-electron chi connectivity index (χ1n) is 10.3. The lowest BCUT2D eigenvalue weighted by Gasteiger charge is -2.41. The minimum absolute atomic E-state index is 0.141. The van der Waals surface area contributed by atoms with E-state index in [1.54, 1.807) is 4.90 Å². The van der Waals surface area contributed by atoms with Gasteiger partial charge in [-0.1, -0.05) is 49.6 Å². The van der Waals surface area contributed by atoms with Crippen LogP contribution in [0.25, 0.3) is 10.9 Å². The molecule has 3 aromatic rings. The molecule has 1 amide bonds. The maximum Gasteiger partial charge on any atom is 0.299 e. The van der Waals surface area contributed by atoms with Gasteiger partial charge in [0.15, 0.2) is 0 Å². The van der Waals surface area contributed by atoms with Crippen molar-refractivity contribution < 1.29 is 13.6 Å². The molecule has 1 aliphatic heterocycles. The smallest absolute Gasteiger partial charge is 0.299 e. The third-order valence-corrected chi connectivity index (χ3v) is 5.99. The van der Waals surface area contributed by atoms with Crippen LogP contribution in [-0.4, -0.2) is 21.8 Å². The Balaban J connectivity index is 1.97. The van der Waals surface area contributed by atoms with E-state index in [1.807, 2.05) is 31.2 Å². The lowest BCUT2D eigenvalue weighted by molar-refractivity contribution is -0.130. The highest BCUT2D eigenvalue weighted by molar-refractivity contribution is 5.95. The molecular formula is C25H24F2N2O. The van der Waals surface area contributed by atoms with E-state index < -0.39 is 23.6 Å². The fourth-order valence-electron chi connectivity index (χ4n) is 4.55. The molecule has 1 N–H and O–H groups in total. The van der Waals surface area contributed by atoms with E-state index in [0.29, 0.717) is 17.5 Å². The number of terminal acetylenes is 1. The second-order valence-corrected chi connectivity index (χ2v) is 8.00. The van der Waals surface area contributed by atoms with Crippen molar-refractivity contribution in [2.45, 2.75) is 51.6 Å². The van der Waals surface area contributed by atoms with E-state index >= 15 is 0 Å². The summed E-state index contributed by atoms with van der Waals surface area (Å²) in [7, 11) is 0. The highest BCUT2D eigenvalue weighted by atomic mass is 19.1. The zero-order chi connectivity index (χ0) is 21.4. The predicted molar refractivity (Wildman–Crippen MR) is 114 cm³/mol. The lowest BCUT2D eigenvalue weighted by atomic mass is 9.86. The van der Waals surface area contributed by atoms with Gasteiger partial charge in [0.1, 0.15) is 11.6 Å². The van der Waals surface area contributed by atoms with Crippen molar-refractivity contribution in [1.82, 2.24) is 9.88 Å². The van der Waals surface area contributed by atoms with Crippen molar-refractivity contribution in [1.29, 1.82) is 0 Å². The number of aryl methyl sites for hydroxylation is 1. The van der Waals surface area contributed by atoms with Gasteiger partial charge >= 0.3 is 0 Å². The van der Waals surface area contributed by atoms with Gasteiger partial charge in [-0.3, -0.25) is 4.79 Å². The monoisotopic (exact) mass is 406 g/mol. The molecule has 0 bridgehead atoms. The molecule has 30 heavy (non-hydrogen) atoms. The molecule has 1 aliphatic rings. The summed E-state index contributed by atoms with van der Waals surface area (Å²) >= 11 is 0. The average molecular weight is 406 g/mol. The number of nitrogens with zero attached hydrogens (tertiary/aromatic N) is 1. The van der Waals surface area contributed by atoms with E-state index in [1.165, 1.54) is 6.07 Å². The van der Waals surface area contributed by atoms with Gasteiger partial charge in [0.25, 0.3) is 5.91 Å². The molecular weight excluding hydrogens is 382 g/mol. The van der Waals surface area contributed by atoms with Crippen LogP contribution in [0, 0.1) is 30.9 Å². The Hall–Kier alpha value is -3.13. The third-order valence-electron chi connectivity index (χ3n) is 5.99. The summed E-state index contributed by atoms with van der Waals surface area (Å²) in [5, 5.41) is 0.536. The second-order valence-electron chi connectivity index (χ2n) is 8.00. The summed E-state index contributed by atoms with van der Waals surface area (Å²) < 4.78 is 28.6. The van der Waals surface area contributed by atoms with Crippen molar-refractivity contribution in [3.8, 4) is 12.3 Å². The molecule has 3 nitrogen and oxygen atoms in total. The third kappa shape index (κ3) is 3.37. The van der Waals surface area contributed by atoms with Gasteiger partial charge in [-0.15, -0.1) is 6.42 Å². The first-order valence-corrected chi connectivity index (χ1v) is 10.3. The highest BCUT2D eigenvalue weighted by Gasteiger charge is 2.40. The van der Waals surface area contributed by atoms with Crippen LogP contribution in [0.15, 0.2) is 36.4 Å². The molecule has 0 spiro atoms. The van der Waals surface area contributed by atoms with Crippen LogP contribution in [0.1, 0.15) is 54.6 Å². The molecule has 0 unspecified atom stereocenters. The van der Waals surface area contributed by atoms with Crippen LogP contribution in [0.3, 0.4) is 0 Å². The summed E-state index contributed by atoms with van der Waals surface area (Å²) in [5.74, 6) is 0.638. The Morgan fingerprint density at radius 3 is 2.67 bits per heavy atom. The SMILES string of the molecule is C#CC(=O)N1[C@@H](CCCC)Cc2c([nH]c3c(F)cc(F)cc23)[C@@H]1c1ccc(C)cc1. The van der Waals surface area contributed by atoms with E-state index in [9.17, 15) is 13.6 Å². The number of nitrogens with one attached hydrogen (secondary N) is 1. The Kier molecular flexibility index (Phi) is 5.34. The van der Waals surface area contributed by atoms with Crippen molar-refractivity contribution in [2.75, 3.05) is 0 Å². The number of hydrogen-bond acceptors (Lipinski definition) is 1. The predicted octanol–water partition coefficient (Wildman–Crippen LogP) is 5.42. The van der Waals surface area contributed by atoms with Crippen LogP contribution in [-0.2, 0) is 11.2 Å². The average Bonchev–Trinajstić information content (AvgIpc) is 3.10. The van der Waals surface area contributed by atoms with Gasteiger partial charge < -0.3 is 9.88 Å². The normalized spacial score (nSPS) is 18.3. The molecule has 2 heterocycles. The van der Waals surface area contributed by atoms with Crippen LogP contribution in [0.4, 0.5) is 8.78 Å². The lowest BCUT2D eigenvalue weighted by Crippen LogP contribution is -2.47. The number of unbranched alkanes of at least 4 members (excludes halogenated alkanes) is 1. The van der Waals surface area contributed by atoms with Gasteiger partial charge in [-0.25, -0.2) is 8.78 Å². The summed E-state index contributed by atoms with van der Waals surface area (Å²) in [4.78, 5) is 17.8. The summed E-state index contributed by atoms with van der Waals surface area (Å²) in [6, 6.07) is 9.51. The number of carbonyl (C=O) groups is 1. The van der Waals surface area contributed by atoms with Crippen molar-refractivity contribution in [3.05, 3.63) is 70.4 Å². The number of aromatic amines is 1. The molecule has 0 fully saturated rings. The number of aromatic nitrogens is 1. The Bertz CT molecular complexity index is 1140. The number of rotatable bonds is 4. The largest absolute Gasteiger partial charge is 0.354 e. The molecule has 4 rings (SSSR count). The van der Waals surface area contributed by atoms with E-state index in [4.69, 9.17) is 6.42 Å². The number of benzene rings is 2. The van der Waals surface area contributed by atoms with Gasteiger partial charge in [-0.05, 0) is 42.9 Å². The van der Waals surface area contributed by atoms with Crippen molar-refractivity contribution >= 4 is 16.8 Å². The number of H-pyrrole nitrogens is 1. The van der Waals surface area contributed by atoms with E-state index in [-0.39, 0.29) is 11.6 Å². The maximum absolute atomic E-state index is 14.6. The minimum Gasteiger partial charge on any atom is -0.354 e. The van der Waals surface area contributed by atoms with Gasteiger partial charge in [0.2, 0.25) is 0 Å². The van der Waals surface area contributed by atoms with Crippen LogP contribution < -0.4 is 0 Å². The van der Waals surface area contributed by atoms with Crippen molar-refractivity contribution in [2.24, 2.45) is 0 Å². The van der Waals surface area contributed by atoms with Crippen LogP contribution in [0.2, 0.25) is 0 Å². The maximum atomic E-state index is 14.6. The number of carbonyl (C=O) groups excluding carboxylic acids is 1. The zero-order valence-electron chi connectivity index (χ0n) is 17.1. The zero-order valence-corrected chi connectivity index (χ0v) is 17.1. The van der Waals surface area contributed by atoms with Crippen molar-refractivity contribution in [3.63, 3.8) is 0 Å². The highest BCUT2D eigenvalue weighted by Crippen LogP contribution is 2.42. The molecule has 0 aliphatic carbocycles. The number of amides is 1. The standard InChI is InChI=1S/C25H24F2N2O/c1-4-6-7-18-14-20-19-12-17(26)13-21(27)23(19)28-24(20)25(29(18)22(30)5-2)16-10-8-15(3)9-11-16/h2,8-13,18,25,28H,4,6-7,14H2,1,3H3/t18-,25-/m0/s1. The molecule has 154 valence electrons. The number of fused-ring (bicyclic) bond motifs is 3. The number of hydrogen-bond donors (Lipinski definition) is 1. The van der Waals surface area contributed by atoms with Crippen LogP contribution in [0.5, 0.6) is 0 Å². The van der Waals surface area contributed by atoms with E-state index in [2.05, 4.69) is 17.8 Å². The fraction of sp³-hybridized carbons (Fsp3) is 0.320. The Labute approximate surface area is 175 Å². The fourth-order valence-corrected chi connectivity index (χ4v) is 4.55. The van der Waals surface area contributed by atoms with E-state index in [0.717, 1.165) is 42.0 Å². The van der Waals surface area contributed by atoms with Gasteiger partial charge in [-0.2, -0.15) is 0 Å². The molecule has 5 heteroatoms. The second kappa shape index (κ2) is 7.95. The molecule has 2 aromatic carbocycles.